The SMILES string of the molecule is CN(CCC(=O)O)c1ccc(F)cn1. The minimum absolute atomic E-state index is 0.0373. The number of aliphatic carboxylic acids is 1. The smallest absolute Gasteiger partial charge is 0.305 e. The van der Waals surface area contributed by atoms with E-state index in [2.05, 4.69) is 4.98 Å². The highest BCUT2D eigenvalue weighted by atomic mass is 19.1. The number of halogens is 1. The van der Waals surface area contributed by atoms with E-state index in [0.29, 0.717) is 12.4 Å². The molecule has 0 bridgehead atoms. The molecule has 1 aromatic heterocycles. The zero-order valence-electron chi connectivity index (χ0n) is 7.77. The number of carbonyl (C=O) groups is 1. The fourth-order valence-electron chi connectivity index (χ4n) is 0.972. The Kier molecular flexibility index (Phi) is 3.39. The van der Waals surface area contributed by atoms with Crippen LogP contribution in [-0.4, -0.2) is 29.7 Å². The van der Waals surface area contributed by atoms with Crippen molar-refractivity contribution in [2.75, 3.05) is 18.5 Å². The van der Waals surface area contributed by atoms with Gasteiger partial charge in [0.1, 0.15) is 11.6 Å². The third-order valence-corrected chi connectivity index (χ3v) is 1.76. The summed E-state index contributed by atoms with van der Waals surface area (Å²) in [5.41, 5.74) is 0. The van der Waals surface area contributed by atoms with Crippen molar-refractivity contribution in [3.8, 4) is 0 Å². The lowest BCUT2D eigenvalue weighted by Gasteiger charge is -2.16. The molecule has 0 saturated heterocycles. The number of anilines is 1. The van der Waals surface area contributed by atoms with Crippen LogP contribution >= 0.6 is 0 Å². The molecular weight excluding hydrogens is 187 g/mol. The Morgan fingerprint density at radius 1 is 1.64 bits per heavy atom. The predicted octanol–water partition coefficient (Wildman–Crippen LogP) is 1.13. The van der Waals surface area contributed by atoms with E-state index in [1.807, 2.05) is 0 Å². The van der Waals surface area contributed by atoms with Crippen molar-refractivity contribution < 1.29 is 14.3 Å². The molecule has 0 fully saturated rings. The van der Waals surface area contributed by atoms with Crippen LogP contribution in [0.25, 0.3) is 0 Å². The van der Waals surface area contributed by atoms with Crippen LogP contribution in [-0.2, 0) is 4.79 Å². The highest BCUT2D eigenvalue weighted by molar-refractivity contribution is 5.67. The molecule has 5 heteroatoms. The van der Waals surface area contributed by atoms with Crippen molar-refractivity contribution in [2.24, 2.45) is 0 Å². The molecule has 0 radical (unpaired) electrons. The van der Waals surface area contributed by atoms with Gasteiger partial charge < -0.3 is 10.0 Å². The Morgan fingerprint density at radius 3 is 2.86 bits per heavy atom. The largest absolute Gasteiger partial charge is 0.481 e. The number of carboxylic acids is 1. The number of pyridine rings is 1. The minimum Gasteiger partial charge on any atom is -0.481 e. The van der Waals surface area contributed by atoms with Crippen LogP contribution in [0, 0.1) is 5.82 Å². The van der Waals surface area contributed by atoms with Crippen molar-refractivity contribution >= 4 is 11.8 Å². The molecule has 4 nitrogen and oxygen atoms in total. The summed E-state index contributed by atoms with van der Waals surface area (Å²) in [7, 11) is 1.71. The Morgan fingerprint density at radius 2 is 2.36 bits per heavy atom. The molecule has 1 rings (SSSR count). The van der Waals surface area contributed by atoms with E-state index in [1.165, 1.54) is 12.1 Å². The van der Waals surface area contributed by atoms with Gasteiger partial charge in [0.15, 0.2) is 0 Å². The van der Waals surface area contributed by atoms with Gasteiger partial charge in [-0.1, -0.05) is 0 Å². The second-order valence-corrected chi connectivity index (χ2v) is 2.90. The summed E-state index contributed by atoms with van der Waals surface area (Å²) in [6, 6.07) is 2.80. The van der Waals surface area contributed by atoms with Gasteiger partial charge >= 0.3 is 5.97 Å². The van der Waals surface area contributed by atoms with Crippen molar-refractivity contribution in [2.45, 2.75) is 6.42 Å². The molecule has 14 heavy (non-hydrogen) atoms. The molecule has 0 aromatic carbocycles. The van der Waals surface area contributed by atoms with Gasteiger partial charge in [0.05, 0.1) is 12.6 Å². The van der Waals surface area contributed by atoms with Crippen molar-refractivity contribution in [1.29, 1.82) is 0 Å². The van der Waals surface area contributed by atoms with Gasteiger partial charge in [0, 0.05) is 13.6 Å². The third kappa shape index (κ3) is 3.01. The number of hydrogen-bond donors (Lipinski definition) is 1. The number of carboxylic acid groups (broad SMARTS) is 1. The molecule has 1 N–H and O–H groups in total. The Hall–Kier alpha value is -1.65. The molecule has 0 aliphatic rings. The minimum atomic E-state index is -0.862. The highest BCUT2D eigenvalue weighted by Crippen LogP contribution is 2.08. The molecule has 0 saturated carbocycles. The first-order valence-electron chi connectivity index (χ1n) is 4.14. The molecule has 0 unspecified atom stereocenters. The maximum Gasteiger partial charge on any atom is 0.305 e. The van der Waals surface area contributed by atoms with Crippen molar-refractivity contribution in [3.05, 3.63) is 24.1 Å². The lowest BCUT2D eigenvalue weighted by atomic mass is 10.3. The zero-order valence-corrected chi connectivity index (χ0v) is 7.77. The number of hydrogen-bond acceptors (Lipinski definition) is 3. The van der Waals surface area contributed by atoms with E-state index >= 15 is 0 Å². The molecule has 0 amide bonds. The van der Waals surface area contributed by atoms with E-state index in [-0.39, 0.29) is 6.42 Å². The fourth-order valence-corrected chi connectivity index (χ4v) is 0.972. The van der Waals surface area contributed by atoms with Crippen LogP contribution < -0.4 is 4.90 Å². The zero-order chi connectivity index (χ0) is 10.6. The van der Waals surface area contributed by atoms with Crippen LogP contribution in [0.5, 0.6) is 0 Å². The Bertz CT molecular complexity index is 313. The molecule has 0 aliphatic carbocycles. The first kappa shape index (κ1) is 10.4. The second kappa shape index (κ2) is 4.55. The van der Waals surface area contributed by atoms with Gasteiger partial charge in [-0.3, -0.25) is 4.79 Å². The summed E-state index contributed by atoms with van der Waals surface area (Å²) in [4.78, 5) is 15.8. The summed E-state index contributed by atoms with van der Waals surface area (Å²) >= 11 is 0. The van der Waals surface area contributed by atoms with Crippen molar-refractivity contribution in [1.82, 2.24) is 4.98 Å². The van der Waals surface area contributed by atoms with E-state index in [0.717, 1.165) is 6.20 Å². The van der Waals surface area contributed by atoms with Crippen LogP contribution in [0.2, 0.25) is 0 Å². The molecule has 0 atom stereocenters. The Labute approximate surface area is 81.0 Å². The van der Waals surface area contributed by atoms with Gasteiger partial charge in [-0.25, -0.2) is 9.37 Å². The number of nitrogens with zero attached hydrogens (tertiary/aromatic N) is 2. The number of aromatic nitrogens is 1. The summed E-state index contributed by atoms with van der Waals surface area (Å²) < 4.78 is 12.5. The molecule has 0 spiro atoms. The van der Waals surface area contributed by atoms with Crippen molar-refractivity contribution in [3.63, 3.8) is 0 Å². The molecule has 1 heterocycles. The summed E-state index contributed by atoms with van der Waals surface area (Å²) in [6.45, 7) is 0.355. The standard InChI is InChI=1S/C9H11FN2O2/c1-12(5-4-9(13)14)8-3-2-7(10)6-11-8/h2-3,6H,4-5H2,1H3,(H,13,14). The van der Waals surface area contributed by atoms with Gasteiger partial charge in [-0.05, 0) is 12.1 Å². The van der Waals surface area contributed by atoms with E-state index < -0.39 is 11.8 Å². The average molecular weight is 198 g/mol. The maximum atomic E-state index is 12.5. The quantitative estimate of drug-likeness (QED) is 0.788. The second-order valence-electron chi connectivity index (χ2n) is 2.90. The summed E-state index contributed by atoms with van der Waals surface area (Å²) in [5.74, 6) is -0.702. The third-order valence-electron chi connectivity index (χ3n) is 1.76. The lowest BCUT2D eigenvalue weighted by molar-refractivity contribution is -0.136. The van der Waals surface area contributed by atoms with E-state index in [9.17, 15) is 9.18 Å². The Balaban J connectivity index is 2.56. The maximum absolute atomic E-state index is 12.5. The first-order valence-corrected chi connectivity index (χ1v) is 4.14. The average Bonchev–Trinajstić information content (AvgIpc) is 2.15. The lowest BCUT2D eigenvalue weighted by Crippen LogP contribution is -2.21. The van der Waals surface area contributed by atoms with Crippen LogP contribution in [0.1, 0.15) is 6.42 Å². The van der Waals surface area contributed by atoms with Gasteiger partial charge in [-0.15, -0.1) is 0 Å². The first-order chi connectivity index (χ1) is 6.59. The van der Waals surface area contributed by atoms with Gasteiger partial charge in [0.25, 0.3) is 0 Å². The normalized spacial score (nSPS) is 9.86. The molecule has 0 aliphatic heterocycles. The van der Waals surface area contributed by atoms with Crippen LogP contribution in [0.4, 0.5) is 10.2 Å². The summed E-state index contributed by atoms with van der Waals surface area (Å²) in [5, 5.41) is 8.45. The van der Waals surface area contributed by atoms with Gasteiger partial charge in [0.2, 0.25) is 0 Å². The number of rotatable bonds is 4. The van der Waals surface area contributed by atoms with E-state index in [4.69, 9.17) is 5.11 Å². The highest BCUT2D eigenvalue weighted by Gasteiger charge is 2.04. The summed E-state index contributed by atoms with van der Waals surface area (Å²) in [6.07, 6.45) is 1.14. The van der Waals surface area contributed by atoms with Crippen LogP contribution in [0.15, 0.2) is 18.3 Å². The molecule has 1 aromatic rings. The molecular formula is C9H11FN2O2. The topological polar surface area (TPSA) is 53.4 Å². The molecule has 76 valence electrons. The van der Waals surface area contributed by atoms with Gasteiger partial charge in [-0.2, -0.15) is 0 Å². The fraction of sp³-hybridized carbons (Fsp3) is 0.333. The van der Waals surface area contributed by atoms with E-state index in [1.54, 1.807) is 11.9 Å². The monoisotopic (exact) mass is 198 g/mol. The van der Waals surface area contributed by atoms with Crippen LogP contribution in [0.3, 0.4) is 0 Å². The predicted molar refractivity (Wildman–Crippen MR) is 49.7 cm³/mol.